The number of hydrogen-bond donors (Lipinski definition) is 2. The molecule has 0 aliphatic heterocycles. The van der Waals surface area contributed by atoms with Gasteiger partial charge in [0.1, 0.15) is 11.1 Å². The first-order chi connectivity index (χ1) is 8.15. The third-order valence-electron chi connectivity index (χ3n) is 3.38. The molecule has 1 atom stereocenters. The Hall–Kier alpha value is -1.26. The van der Waals surface area contributed by atoms with Crippen molar-refractivity contribution < 1.29 is 19.4 Å². The summed E-state index contributed by atoms with van der Waals surface area (Å²) in [6.07, 6.45) is 3.03. The predicted molar refractivity (Wildman–Crippen MR) is 67.4 cm³/mol. The van der Waals surface area contributed by atoms with Gasteiger partial charge in [0.15, 0.2) is 0 Å². The number of rotatable bonds is 3. The number of carbonyl (C=O) groups is 2. The number of nitrogens with one attached hydrogen (secondary N) is 1. The minimum atomic E-state index is -1.24. The monoisotopic (exact) mass is 257 g/mol. The standard InChI is InChI=1S/C13H23NO4/c1-12(2,3)18-11(17)14-13(4,10(15)16)9-7-5-6-8-9/h9H,5-8H2,1-4H3,(H,14,17)(H,15,16)/t13-/m1/s1. The zero-order chi connectivity index (χ0) is 14.0. The Morgan fingerprint density at radius 2 is 1.67 bits per heavy atom. The fourth-order valence-corrected chi connectivity index (χ4v) is 2.35. The number of carbonyl (C=O) groups excluding carboxylic acids is 1. The van der Waals surface area contributed by atoms with Gasteiger partial charge in [-0.05, 0) is 46.5 Å². The van der Waals surface area contributed by atoms with Crippen LogP contribution in [0.15, 0.2) is 0 Å². The largest absolute Gasteiger partial charge is 0.480 e. The van der Waals surface area contributed by atoms with Gasteiger partial charge in [-0.15, -0.1) is 0 Å². The first kappa shape index (κ1) is 14.8. The summed E-state index contributed by atoms with van der Waals surface area (Å²) in [4.78, 5) is 23.2. The molecule has 1 rings (SSSR count). The van der Waals surface area contributed by atoms with Gasteiger partial charge in [0.05, 0.1) is 0 Å². The number of aliphatic carboxylic acids is 1. The lowest BCUT2D eigenvalue weighted by atomic mass is 9.84. The van der Waals surface area contributed by atoms with Crippen molar-refractivity contribution in [3.8, 4) is 0 Å². The van der Waals surface area contributed by atoms with Gasteiger partial charge in [0.25, 0.3) is 0 Å². The van der Waals surface area contributed by atoms with E-state index >= 15 is 0 Å². The van der Waals surface area contributed by atoms with Crippen molar-refractivity contribution in [1.82, 2.24) is 5.32 Å². The highest BCUT2D eigenvalue weighted by atomic mass is 16.6. The maximum atomic E-state index is 11.7. The average Bonchev–Trinajstić information content (AvgIpc) is 2.66. The Morgan fingerprint density at radius 1 is 1.17 bits per heavy atom. The number of alkyl carbamates (subject to hydrolysis) is 1. The van der Waals surface area contributed by atoms with Crippen LogP contribution in [0.4, 0.5) is 4.79 Å². The summed E-state index contributed by atoms with van der Waals surface area (Å²) in [5.74, 6) is -1.03. The zero-order valence-corrected chi connectivity index (χ0v) is 11.6. The van der Waals surface area contributed by atoms with E-state index < -0.39 is 23.2 Å². The van der Waals surface area contributed by atoms with Crippen LogP contribution in [0, 0.1) is 5.92 Å². The molecule has 1 aliphatic carbocycles. The van der Waals surface area contributed by atoms with Crippen LogP contribution in [0.1, 0.15) is 53.4 Å². The molecule has 0 aromatic rings. The Morgan fingerprint density at radius 3 is 2.06 bits per heavy atom. The molecule has 5 nitrogen and oxygen atoms in total. The van der Waals surface area contributed by atoms with E-state index in [1.807, 2.05) is 0 Å². The zero-order valence-electron chi connectivity index (χ0n) is 11.6. The maximum absolute atomic E-state index is 11.7. The molecule has 5 heteroatoms. The molecule has 0 heterocycles. The average molecular weight is 257 g/mol. The molecule has 1 amide bonds. The van der Waals surface area contributed by atoms with Crippen molar-refractivity contribution in [2.24, 2.45) is 5.92 Å². The minimum absolute atomic E-state index is 0.0254. The maximum Gasteiger partial charge on any atom is 0.408 e. The second kappa shape index (κ2) is 5.16. The van der Waals surface area contributed by atoms with Crippen LogP contribution in [-0.2, 0) is 9.53 Å². The molecule has 0 radical (unpaired) electrons. The van der Waals surface area contributed by atoms with E-state index in [0.717, 1.165) is 25.7 Å². The lowest BCUT2D eigenvalue weighted by molar-refractivity contribution is -0.146. The van der Waals surface area contributed by atoms with Crippen molar-refractivity contribution in [1.29, 1.82) is 0 Å². The quantitative estimate of drug-likeness (QED) is 0.814. The summed E-state index contributed by atoms with van der Waals surface area (Å²) in [5.41, 5.74) is -1.86. The predicted octanol–water partition coefficient (Wildman–Crippen LogP) is 2.54. The van der Waals surface area contributed by atoms with Gasteiger partial charge in [-0.25, -0.2) is 9.59 Å². The Kier molecular flexibility index (Phi) is 4.24. The molecular formula is C13H23NO4. The smallest absolute Gasteiger partial charge is 0.408 e. The normalized spacial score (nSPS) is 20.2. The first-order valence-corrected chi connectivity index (χ1v) is 6.40. The van der Waals surface area contributed by atoms with Crippen LogP contribution in [0.5, 0.6) is 0 Å². The highest BCUT2D eigenvalue weighted by Gasteiger charge is 2.44. The van der Waals surface area contributed by atoms with Gasteiger partial charge in [-0.1, -0.05) is 12.8 Å². The lowest BCUT2D eigenvalue weighted by Crippen LogP contribution is -2.57. The summed E-state index contributed by atoms with van der Waals surface area (Å²) >= 11 is 0. The summed E-state index contributed by atoms with van der Waals surface area (Å²) in [7, 11) is 0. The molecule has 0 spiro atoms. The third kappa shape index (κ3) is 3.62. The Bertz CT molecular complexity index is 328. The number of hydrogen-bond acceptors (Lipinski definition) is 3. The fourth-order valence-electron chi connectivity index (χ4n) is 2.35. The van der Waals surface area contributed by atoms with Gasteiger partial charge < -0.3 is 15.2 Å². The summed E-state index contributed by atoms with van der Waals surface area (Å²) in [6, 6.07) is 0. The highest BCUT2D eigenvalue weighted by molar-refractivity contribution is 5.84. The molecule has 1 aliphatic rings. The van der Waals surface area contributed by atoms with Crippen molar-refractivity contribution in [2.45, 2.75) is 64.5 Å². The molecule has 0 unspecified atom stereocenters. The van der Waals surface area contributed by atoms with Crippen molar-refractivity contribution in [3.05, 3.63) is 0 Å². The van der Waals surface area contributed by atoms with Crippen LogP contribution in [0.25, 0.3) is 0 Å². The van der Waals surface area contributed by atoms with E-state index in [2.05, 4.69) is 5.32 Å². The van der Waals surface area contributed by atoms with Gasteiger partial charge >= 0.3 is 12.1 Å². The van der Waals surface area contributed by atoms with E-state index in [1.54, 1.807) is 27.7 Å². The second-order valence-electron chi connectivity index (χ2n) is 6.12. The van der Waals surface area contributed by atoms with E-state index in [9.17, 15) is 14.7 Å². The lowest BCUT2D eigenvalue weighted by Gasteiger charge is -2.33. The molecule has 104 valence electrons. The molecule has 0 bridgehead atoms. The second-order valence-corrected chi connectivity index (χ2v) is 6.12. The highest BCUT2D eigenvalue weighted by Crippen LogP contribution is 2.34. The third-order valence-corrected chi connectivity index (χ3v) is 3.38. The molecule has 1 fully saturated rings. The topological polar surface area (TPSA) is 75.6 Å². The SMILES string of the molecule is CC(C)(C)OC(=O)N[C@@](C)(C(=O)O)C1CCCC1. The van der Waals surface area contributed by atoms with Crippen molar-refractivity contribution in [3.63, 3.8) is 0 Å². The first-order valence-electron chi connectivity index (χ1n) is 6.40. The van der Waals surface area contributed by atoms with Crippen molar-refractivity contribution in [2.75, 3.05) is 0 Å². The number of amides is 1. The fraction of sp³-hybridized carbons (Fsp3) is 0.846. The van der Waals surface area contributed by atoms with E-state index in [-0.39, 0.29) is 5.92 Å². The van der Waals surface area contributed by atoms with Crippen LogP contribution in [-0.4, -0.2) is 28.3 Å². The van der Waals surface area contributed by atoms with Crippen LogP contribution >= 0.6 is 0 Å². The number of carboxylic acid groups (broad SMARTS) is 1. The Labute approximate surface area is 108 Å². The van der Waals surface area contributed by atoms with Gasteiger partial charge in [-0.2, -0.15) is 0 Å². The molecule has 0 saturated heterocycles. The van der Waals surface area contributed by atoms with Gasteiger partial charge in [-0.3, -0.25) is 0 Å². The summed E-state index contributed by atoms with van der Waals surface area (Å²) < 4.78 is 5.13. The molecule has 0 aromatic carbocycles. The summed E-state index contributed by atoms with van der Waals surface area (Å²) in [6.45, 7) is 6.82. The van der Waals surface area contributed by atoms with Crippen LogP contribution < -0.4 is 5.32 Å². The Balaban J connectivity index is 2.74. The van der Waals surface area contributed by atoms with E-state index in [1.165, 1.54) is 0 Å². The molecule has 2 N–H and O–H groups in total. The molecule has 18 heavy (non-hydrogen) atoms. The number of carboxylic acids is 1. The van der Waals surface area contributed by atoms with Gasteiger partial charge in [0.2, 0.25) is 0 Å². The van der Waals surface area contributed by atoms with E-state index in [4.69, 9.17) is 4.74 Å². The molecule has 1 saturated carbocycles. The minimum Gasteiger partial charge on any atom is -0.480 e. The van der Waals surface area contributed by atoms with E-state index in [0.29, 0.717) is 0 Å². The summed E-state index contributed by atoms with van der Waals surface area (Å²) in [5, 5.41) is 11.9. The van der Waals surface area contributed by atoms with Gasteiger partial charge in [0, 0.05) is 0 Å². The van der Waals surface area contributed by atoms with Crippen molar-refractivity contribution >= 4 is 12.1 Å². The molecule has 0 aromatic heterocycles. The molecular weight excluding hydrogens is 234 g/mol. The van der Waals surface area contributed by atoms with Crippen LogP contribution in [0.2, 0.25) is 0 Å². The van der Waals surface area contributed by atoms with Crippen LogP contribution in [0.3, 0.4) is 0 Å². The number of ether oxygens (including phenoxy) is 1.